The van der Waals surface area contributed by atoms with Gasteiger partial charge < -0.3 is 9.47 Å². The molecule has 2 aliphatic rings. The lowest BCUT2D eigenvalue weighted by molar-refractivity contribution is -0.155. The first-order valence-electron chi connectivity index (χ1n) is 20.4. The van der Waals surface area contributed by atoms with Crippen LogP contribution in [-0.2, 0) is 41.5 Å². The number of allylic oxidation sites excluding steroid dienone is 20. The molecule has 0 aliphatic heterocycles. The van der Waals surface area contributed by atoms with E-state index in [9.17, 15) is 19.2 Å². The van der Waals surface area contributed by atoms with Crippen molar-refractivity contribution >= 4 is 46.2 Å². The number of ether oxygens (including phenoxy) is 2. The van der Waals surface area contributed by atoms with Crippen molar-refractivity contribution in [3.63, 3.8) is 0 Å². The zero-order valence-electron chi connectivity index (χ0n) is 36.8. The fourth-order valence-corrected chi connectivity index (χ4v) is 8.65. The summed E-state index contributed by atoms with van der Waals surface area (Å²) in [5.74, 6) is -0.997. The molecule has 0 bridgehead atoms. The predicted octanol–water partition coefficient (Wildman–Crippen LogP) is 12.6. The Labute approximate surface area is 365 Å². The Morgan fingerprint density at radius 2 is 0.950 bits per heavy atom. The fourth-order valence-electron chi connectivity index (χ4n) is 7.27. The highest BCUT2D eigenvalue weighted by Gasteiger charge is 2.41. The van der Waals surface area contributed by atoms with Crippen LogP contribution in [0.3, 0.4) is 0 Å². The van der Waals surface area contributed by atoms with Crippen LogP contribution in [0, 0.1) is 10.8 Å². The quantitative estimate of drug-likeness (QED) is 0.124. The Kier molecular flexibility index (Phi) is 17.3. The number of ketones is 2. The normalized spacial score (nSPS) is 20.9. The number of Topliss-reactive ketones (excluding diaryl/α,β-unsaturated/α-hetero) is 2. The highest BCUT2D eigenvalue weighted by molar-refractivity contribution is 7.10. The van der Waals surface area contributed by atoms with E-state index in [0.29, 0.717) is 24.0 Å². The van der Waals surface area contributed by atoms with Crippen molar-refractivity contribution in [2.45, 2.75) is 107 Å². The van der Waals surface area contributed by atoms with Crippen molar-refractivity contribution in [2.24, 2.45) is 10.8 Å². The topological polar surface area (TPSA) is 86.7 Å². The lowest BCUT2D eigenvalue weighted by Gasteiger charge is -2.36. The van der Waals surface area contributed by atoms with E-state index in [0.717, 1.165) is 43.2 Å². The summed E-state index contributed by atoms with van der Waals surface area (Å²) >= 11 is 3.01. The van der Waals surface area contributed by atoms with Crippen LogP contribution >= 0.6 is 22.7 Å². The average molecular weight is 845 g/mol. The third-order valence-corrected chi connectivity index (χ3v) is 12.4. The number of rotatable bonds is 16. The van der Waals surface area contributed by atoms with Crippen molar-refractivity contribution < 1.29 is 28.7 Å². The van der Waals surface area contributed by atoms with Gasteiger partial charge in [-0.25, -0.2) is 0 Å². The second-order valence-electron chi connectivity index (χ2n) is 16.9. The van der Waals surface area contributed by atoms with Gasteiger partial charge in [-0.3, -0.25) is 19.2 Å². The molecule has 0 radical (unpaired) electrons. The van der Waals surface area contributed by atoms with Gasteiger partial charge in [0.05, 0.1) is 12.8 Å². The van der Waals surface area contributed by atoms with Gasteiger partial charge in [0, 0.05) is 22.6 Å². The maximum Gasteiger partial charge on any atom is 0.311 e. The van der Waals surface area contributed by atoms with E-state index in [-0.39, 0.29) is 47.2 Å². The van der Waals surface area contributed by atoms with E-state index in [1.165, 1.54) is 22.7 Å². The van der Waals surface area contributed by atoms with Gasteiger partial charge in [0.1, 0.15) is 0 Å². The Bertz CT molecular complexity index is 2080. The molecule has 8 heteroatoms. The summed E-state index contributed by atoms with van der Waals surface area (Å²) in [6.45, 7) is 20.1. The van der Waals surface area contributed by atoms with Crippen LogP contribution in [-0.4, -0.2) is 35.7 Å². The molecule has 316 valence electrons. The van der Waals surface area contributed by atoms with Crippen molar-refractivity contribution in [3.05, 3.63) is 174 Å². The standard InChI is InChI=1S/C52H60O6S2/c1-35(19-13-21-37(3)25-27-43-39(5)49(55)45(33-51(43,7)8)57-47(53)31-41-23-15-29-59-41)17-11-12-18-36(2)20-14-22-38(4)26-28-44-40(6)50(56)46(34-52(44,9)10)58-48(54)32-42-24-16-30-60-42/h11-30,45-46H,31-34H2,1-10H3/b12-11+,19-13+,20-14+,27-25+,28-26+,35-17+,36-18+,37-21+,38-22+. The molecule has 0 saturated carbocycles. The van der Waals surface area contributed by atoms with Crippen molar-refractivity contribution in [1.82, 2.24) is 0 Å². The first-order chi connectivity index (χ1) is 28.4. The summed E-state index contributed by atoms with van der Waals surface area (Å²) < 4.78 is 11.3. The summed E-state index contributed by atoms with van der Waals surface area (Å²) in [5.41, 5.74) is 6.84. The second-order valence-corrected chi connectivity index (χ2v) is 18.9. The van der Waals surface area contributed by atoms with E-state index in [1.807, 2.05) is 137 Å². The minimum atomic E-state index is -0.763. The van der Waals surface area contributed by atoms with Crippen LogP contribution in [0.1, 0.15) is 91.8 Å². The summed E-state index contributed by atoms with van der Waals surface area (Å²) in [4.78, 5) is 53.3. The lowest BCUT2D eigenvalue weighted by Crippen LogP contribution is -2.39. The Hall–Kier alpha value is -5.18. The third-order valence-electron chi connectivity index (χ3n) is 10.6. The average Bonchev–Trinajstić information content (AvgIpc) is 3.89. The van der Waals surface area contributed by atoms with Gasteiger partial charge in [-0.1, -0.05) is 147 Å². The predicted molar refractivity (Wildman–Crippen MR) is 249 cm³/mol. The number of hydrogen-bond acceptors (Lipinski definition) is 8. The van der Waals surface area contributed by atoms with Gasteiger partial charge in [0.25, 0.3) is 0 Å². The first kappa shape index (κ1) is 47.5. The number of thiophene rings is 2. The van der Waals surface area contributed by atoms with Crippen LogP contribution in [0.2, 0.25) is 0 Å². The van der Waals surface area contributed by atoms with E-state index >= 15 is 0 Å². The Morgan fingerprint density at radius 3 is 1.30 bits per heavy atom. The molecule has 4 rings (SSSR count). The molecular weight excluding hydrogens is 785 g/mol. The number of carbonyl (C=O) groups excluding carboxylic acids is 4. The summed E-state index contributed by atoms with van der Waals surface area (Å²) in [6, 6.07) is 7.59. The minimum absolute atomic E-state index is 0.128. The monoisotopic (exact) mass is 844 g/mol. The number of hydrogen-bond donors (Lipinski definition) is 0. The SMILES string of the molecule is CC1=C(/C=C/C(C)=C/C=C/C(C)=C/C=C/C=C(C)/C=C/C=C(C)/C=C/C2=C(C)C(=O)C(OC(=O)Cc3cccs3)CC2(C)C)C(C)(C)CC(OC(=O)Cc2cccs2)C1=O. The summed E-state index contributed by atoms with van der Waals surface area (Å²) in [7, 11) is 0. The van der Waals surface area contributed by atoms with Gasteiger partial charge >= 0.3 is 11.9 Å². The molecule has 2 aromatic rings. The molecule has 0 N–H and O–H groups in total. The fraction of sp³-hybridized carbons (Fsp3) is 0.346. The molecule has 0 fully saturated rings. The van der Waals surface area contributed by atoms with E-state index in [2.05, 4.69) is 52.0 Å². The smallest absolute Gasteiger partial charge is 0.311 e. The maximum atomic E-state index is 13.2. The van der Waals surface area contributed by atoms with Gasteiger partial charge in [-0.15, -0.1) is 22.7 Å². The second kappa shape index (κ2) is 21.9. The highest BCUT2D eigenvalue weighted by Crippen LogP contribution is 2.42. The number of esters is 2. The van der Waals surface area contributed by atoms with Gasteiger partial charge in [-0.2, -0.15) is 0 Å². The Morgan fingerprint density at radius 1 is 0.600 bits per heavy atom. The zero-order valence-corrected chi connectivity index (χ0v) is 38.4. The van der Waals surface area contributed by atoms with Crippen molar-refractivity contribution in [3.8, 4) is 0 Å². The van der Waals surface area contributed by atoms with Crippen LogP contribution in [0.5, 0.6) is 0 Å². The molecule has 60 heavy (non-hydrogen) atoms. The molecule has 2 atom stereocenters. The van der Waals surface area contributed by atoms with E-state index in [1.54, 1.807) is 0 Å². The zero-order chi connectivity index (χ0) is 44.0. The summed E-state index contributed by atoms with van der Waals surface area (Å²) in [6.07, 6.45) is 28.2. The molecule has 2 aliphatic carbocycles. The summed E-state index contributed by atoms with van der Waals surface area (Å²) in [5, 5.41) is 3.84. The van der Waals surface area contributed by atoms with Gasteiger partial charge in [0.15, 0.2) is 23.8 Å². The first-order valence-corrected chi connectivity index (χ1v) is 22.1. The highest BCUT2D eigenvalue weighted by atomic mass is 32.1. The van der Waals surface area contributed by atoms with E-state index in [4.69, 9.17) is 9.47 Å². The molecule has 0 spiro atoms. The minimum Gasteiger partial charge on any atom is -0.454 e. The van der Waals surface area contributed by atoms with Gasteiger partial charge in [0.2, 0.25) is 0 Å². The number of carbonyl (C=O) groups is 4. The molecule has 2 aromatic heterocycles. The molecule has 6 nitrogen and oxygen atoms in total. The van der Waals surface area contributed by atoms with E-state index < -0.39 is 12.2 Å². The molecule has 2 unspecified atom stereocenters. The molecule has 2 heterocycles. The van der Waals surface area contributed by atoms with Crippen LogP contribution in [0.15, 0.2) is 165 Å². The molecular formula is C52H60O6S2. The van der Waals surface area contributed by atoms with Crippen LogP contribution in [0.4, 0.5) is 0 Å². The largest absolute Gasteiger partial charge is 0.454 e. The van der Waals surface area contributed by atoms with Crippen LogP contribution < -0.4 is 0 Å². The lowest BCUT2D eigenvalue weighted by atomic mass is 9.71. The molecule has 0 saturated heterocycles. The third kappa shape index (κ3) is 14.2. The molecule has 0 aromatic carbocycles. The molecule has 0 amide bonds. The van der Waals surface area contributed by atoms with Crippen molar-refractivity contribution in [2.75, 3.05) is 0 Å². The Balaban J connectivity index is 1.26. The van der Waals surface area contributed by atoms with Gasteiger partial charge in [-0.05, 0) is 97.6 Å². The van der Waals surface area contributed by atoms with Crippen molar-refractivity contribution in [1.29, 1.82) is 0 Å². The maximum absolute atomic E-state index is 13.2. The van der Waals surface area contributed by atoms with Crippen LogP contribution in [0.25, 0.3) is 0 Å².